The summed E-state index contributed by atoms with van der Waals surface area (Å²) in [6.07, 6.45) is -26.8. The molecule has 15 rings (SSSR count). The Morgan fingerprint density at radius 2 is 0.831 bits per heavy atom. The molecule has 15 heterocycles. The number of aliphatic hydroxyl groups is 1. The van der Waals surface area contributed by atoms with E-state index in [-0.39, 0.29) is 109 Å². The number of imidazole rings is 3. The molecule has 9 aromatic rings. The second kappa shape index (κ2) is 46.0. The van der Waals surface area contributed by atoms with E-state index in [1.165, 1.54) is 79.0 Å². The molecule has 6 saturated heterocycles. The number of nitrogen functional groups attached to an aromatic ring is 4. The van der Waals surface area contributed by atoms with Gasteiger partial charge in [-0.2, -0.15) is 15.0 Å². The van der Waals surface area contributed by atoms with Crippen LogP contribution in [0.3, 0.4) is 0 Å². The van der Waals surface area contributed by atoms with Crippen LogP contribution in [0.1, 0.15) is 80.2 Å². The van der Waals surface area contributed by atoms with Gasteiger partial charge in [0.15, 0.2) is 65.5 Å². The molecule has 142 heavy (non-hydrogen) atoms. The van der Waals surface area contributed by atoms with Crippen molar-refractivity contribution in [3.05, 3.63) is 133 Å². The number of anilines is 4. The van der Waals surface area contributed by atoms with Gasteiger partial charge in [0.25, 0.3) is 30.1 Å². The van der Waals surface area contributed by atoms with Gasteiger partial charge in [-0.3, -0.25) is 75.6 Å². The molecule has 6 fully saturated rings. The minimum absolute atomic E-state index is 0.000769. The smallest absolute Gasteiger partial charge is 0.351 e. The number of hydrogen-bond acceptors (Lipinski definition) is 54. The average molecular weight is 2170 g/mol. The van der Waals surface area contributed by atoms with Gasteiger partial charge in [0.1, 0.15) is 130 Å². The SMILES string of the molecule is CC[C@H]1O[C@@H](n2cnc3c(N)ncnc32)C[C@H]1OP([O-])(=S)OC[C@H]1O[C@@H](n2cnc3c(=O)[nH]c(N)nc32)C[C@H]1OP(=O)([S-])OC[C@H]1O[C@@H](n2cnc3c(=O)[nH]c(N)nc32)C(OCCOC)[C@H]1OP(=O)([O-])OC[C@H]1O[C@@H](n2cc(C)c(=O)[nH]c2=O)C(OCCOC)[C@H]1OP([O-])(=S)OC[C@H]1O[C@@H](n2cc(C)c(N)nc2=O)C(OCCOC)[C@H]1OP([O-])(=S)OC[C@H]1O[C@@H](n2cc(C)c(=O)[nH]c2=O)C(OCCOC)[C@H]1O. The number of phosphoric ester groups is 1. The summed E-state index contributed by atoms with van der Waals surface area (Å²) in [5.41, 5.74) is 17.7. The largest absolute Gasteiger partial charge is 0.780 e. The molecule has 9 unspecified atom stereocenters. The standard InChI is InChI=1S/C73H103N22O38P5S4/c1-9-35-36(18-43(123-35)93-29-80-45-57(75)78-28-79-58(45)93)129-135(106,139)119-23-38-37(19-44(124-38)94-30-81-46-59(94)84-69(76)86-63(46)99)130-136(107,140)121-26-41-49(53(115-15-11-111-6)68(128-41)95-31-82-47-60(95)85-70(77)87-64(47)100)131-134(104,105)118-25-40-50(54(116-16-12-112-7)67(126-40)92-22-34(4)62(98)89-73(92)103)132-138(109,142)122-27-42-51(55(117-17-13-113-8)66(127-42)90-20-32(2)56(74)83-71(90)101)133-137(108,141)120-24-39-48(96)52(114-14-10-110-5)65(125-39)91-21-33(3)61(97)88-72(91)102/h20-22,28-31,35-44,48-55,65-68,96H,9-19,23-27H2,1-8H3,(H,104,105)(H,106,139)(H,107,140)(H,108,141)(H,109,142)(H2,74,83,101)(H2,75,78,79)(H,88,97,102)(H,89,98,103)(H3,76,84,86,99)(H3,77,85,87,100)/p-5/t35-,36-,37-,38-,39-,40-,41-,42-,43-,44-,48+,49+,50+,51+,52?,53?,54?,55?,65-,66-,67-,68-,135?,136?,137?,138?/m1/s1. The van der Waals surface area contributed by atoms with Crippen molar-refractivity contribution in [3.8, 4) is 0 Å². The summed E-state index contributed by atoms with van der Waals surface area (Å²) in [7, 11) is -0.889. The average Bonchev–Trinajstić information content (AvgIpc) is 1.60. The van der Waals surface area contributed by atoms with Crippen molar-refractivity contribution < 1.29 is 145 Å². The lowest BCUT2D eigenvalue weighted by Crippen LogP contribution is -2.43. The first-order valence-corrected chi connectivity index (χ1v) is 54.8. The molecule has 0 bridgehead atoms. The zero-order valence-electron chi connectivity index (χ0n) is 76.0. The topological polar surface area (TPSA) is 788 Å². The van der Waals surface area contributed by atoms with Crippen LogP contribution in [0.2, 0.25) is 0 Å². The first kappa shape index (κ1) is 108. The lowest BCUT2D eigenvalue weighted by molar-refractivity contribution is -0.238. The monoisotopic (exact) mass is 2170 g/mol. The molecule has 9 aromatic heterocycles. The summed E-state index contributed by atoms with van der Waals surface area (Å²) in [6.45, 7) is -21.3. The maximum atomic E-state index is 15.5. The van der Waals surface area contributed by atoms with Crippen LogP contribution in [-0.2, 0) is 168 Å². The highest BCUT2D eigenvalue weighted by Gasteiger charge is 2.56. The van der Waals surface area contributed by atoms with Crippen LogP contribution < -0.4 is 81.8 Å². The Morgan fingerprint density at radius 1 is 0.430 bits per heavy atom. The van der Waals surface area contributed by atoms with E-state index in [1.54, 1.807) is 11.5 Å². The molecule has 0 saturated carbocycles. The molecule has 0 aliphatic carbocycles. The fourth-order valence-electron chi connectivity index (χ4n) is 16.3. The highest BCUT2D eigenvalue weighted by Crippen LogP contribution is 2.56. The number of methoxy groups -OCH3 is 4. The Bertz CT molecular complexity index is 6720. The van der Waals surface area contributed by atoms with Gasteiger partial charge in [-0.25, -0.2) is 39.3 Å². The Morgan fingerprint density at radius 3 is 1.35 bits per heavy atom. The number of aryl methyl sites for hydroxylation is 3. The molecule has 69 heteroatoms. The van der Waals surface area contributed by atoms with Crippen molar-refractivity contribution in [1.29, 1.82) is 0 Å². The van der Waals surface area contributed by atoms with Crippen LogP contribution in [-0.4, -0.2) is 304 Å². The summed E-state index contributed by atoms with van der Waals surface area (Å²) in [5, 5.41) is 11.7. The van der Waals surface area contributed by atoms with Gasteiger partial charge in [0, 0.05) is 76.6 Å². The first-order chi connectivity index (χ1) is 67.5. The number of aromatic nitrogens is 18. The quantitative estimate of drug-likeness (QED) is 0.00989. The van der Waals surface area contributed by atoms with Crippen LogP contribution in [0.15, 0.2) is 77.5 Å². The maximum Gasteiger partial charge on any atom is 0.351 e. The van der Waals surface area contributed by atoms with Crippen LogP contribution in [0, 0.1) is 20.8 Å². The van der Waals surface area contributed by atoms with E-state index in [4.69, 9.17) is 182 Å². The van der Waals surface area contributed by atoms with Gasteiger partial charge in [0.2, 0.25) is 11.9 Å². The first-order valence-electron chi connectivity index (χ1n) is 43.1. The van der Waals surface area contributed by atoms with E-state index in [0.29, 0.717) is 17.6 Å². The number of ether oxygens (including phenoxy) is 14. The predicted octanol–water partition coefficient (Wildman–Crippen LogP) is -4.35. The number of nitrogens with one attached hydrogen (secondary N) is 4. The lowest BCUT2D eigenvalue weighted by atomic mass is 10.1. The number of fused-ring (bicyclic) bond motifs is 3. The Labute approximate surface area is 820 Å². The summed E-state index contributed by atoms with van der Waals surface area (Å²) in [6, 6.07) is 0. The van der Waals surface area contributed by atoms with E-state index < -0.39 is 261 Å². The number of rotatable bonds is 48. The van der Waals surface area contributed by atoms with Crippen LogP contribution in [0.5, 0.6) is 0 Å². The van der Waals surface area contributed by atoms with Gasteiger partial charge in [-0.15, -0.1) is 0 Å². The molecular formula is C73H98N22O38P5S4-5. The normalized spacial score (nSPS) is 29.1. The third kappa shape index (κ3) is 25.0. The summed E-state index contributed by atoms with van der Waals surface area (Å²) in [5.74, 6) is -0.860. The summed E-state index contributed by atoms with van der Waals surface area (Å²) >= 11 is 22.3. The Hall–Kier alpha value is -7.71. The van der Waals surface area contributed by atoms with Gasteiger partial charge in [-0.05, 0) is 27.2 Å². The molecule has 0 spiro atoms. The minimum Gasteiger partial charge on any atom is -0.780 e. The Balaban J connectivity index is 0.708. The number of nitrogens with two attached hydrogens (primary N) is 4. The molecule has 6 aliphatic heterocycles. The number of nitrogens with zero attached hydrogens (tertiary/aromatic N) is 14. The lowest BCUT2D eigenvalue weighted by Gasteiger charge is -2.37. The fourth-order valence-corrected chi connectivity index (χ4v) is 23.1. The van der Waals surface area contributed by atoms with Gasteiger partial charge in [-0.1, -0.05) is 42.3 Å². The molecule has 0 radical (unpaired) electrons. The second-order valence-electron chi connectivity index (χ2n) is 32.5. The molecule has 13 N–H and O–H groups in total. The van der Waals surface area contributed by atoms with Crippen LogP contribution in [0.4, 0.5) is 23.5 Å². The van der Waals surface area contributed by atoms with Crippen molar-refractivity contribution in [2.45, 2.75) is 182 Å². The fraction of sp³-hybridized carbons (Fsp3) is 0.630. The molecule has 782 valence electrons. The highest BCUT2D eigenvalue weighted by atomic mass is 32.7. The maximum absolute atomic E-state index is 15.5. The summed E-state index contributed by atoms with van der Waals surface area (Å²) < 4.78 is 181. The van der Waals surface area contributed by atoms with E-state index in [2.05, 4.69) is 59.8 Å². The number of aliphatic hydroxyl groups excluding tert-OH is 1. The zero-order valence-corrected chi connectivity index (χ0v) is 83.8. The number of aromatic amines is 4. The van der Waals surface area contributed by atoms with E-state index in [1.807, 2.05) is 0 Å². The van der Waals surface area contributed by atoms with Crippen molar-refractivity contribution in [2.75, 3.05) is 137 Å². The minimum atomic E-state index is -6.17. The molecule has 0 aromatic carbocycles. The number of H-pyrrole nitrogens is 4. The number of hydrogen-bond donors (Lipinski definition) is 9. The van der Waals surface area contributed by atoms with E-state index >= 15 is 18.9 Å². The predicted molar refractivity (Wildman–Crippen MR) is 490 cm³/mol. The third-order valence-corrected chi connectivity index (χ3v) is 30.2. The number of phosphoric acid groups is 1. The molecule has 27 atom stereocenters. The molecule has 60 nitrogen and oxygen atoms in total. The van der Waals surface area contributed by atoms with Crippen molar-refractivity contribution >= 4 is 139 Å². The van der Waals surface area contributed by atoms with Crippen molar-refractivity contribution in [1.82, 2.24) is 87.2 Å². The zero-order chi connectivity index (χ0) is 102. The van der Waals surface area contributed by atoms with E-state index in [0.717, 1.165) is 37.0 Å². The van der Waals surface area contributed by atoms with Gasteiger partial charge in [0.05, 0.1) is 123 Å². The van der Waals surface area contributed by atoms with Gasteiger partial charge >= 0.3 is 17.1 Å². The highest BCUT2D eigenvalue weighted by molar-refractivity contribution is 8.32. The molecule has 0 amide bonds. The van der Waals surface area contributed by atoms with E-state index in [9.17, 15) is 48.5 Å². The molecule has 6 aliphatic rings. The van der Waals surface area contributed by atoms with Gasteiger partial charge < -0.3 is 171 Å². The van der Waals surface area contributed by atoms with Crippen molar-refractivity contribution in [3.63, 3.8) is 0 Å². The van der Waals surface area contributed by atoms with Crippen LogP contribution >= 0.6 is 34.8 Å². The summed E-state index contributed by atoms with van der Waals surface area (Å²) in [4.78, 5) is 196. The molecular weight excluding hydrogens is 2080 g/mol. The second-order valence-corrected chi connectivity index (χ2v) is 44.7. The van der Waals surface area contributed by atoms with Crippen molar-refractivity contribution in [2.24, 2.45) is 0 Å². The Kier molecular flexibility index (Phi) is 35.1. The third-order valence-electron chi connectivity index (χ3n) is 23.1. The van der Waals surface area contributed by atoms with Crippen LogP contribution in [0.25, 0.3) is 33.5 Å².